The number of aromatic nitrogens is 1. The predicted octanol–water partition coefficient (Wildman–Crippen LogP) is -0.373. The Morgan fingerprint density at radius 3 is 2.23 bits per heavy atom. The van der Waals surface area contributed by atoms with Crippen molar-refractivity contribution in [2.75, 3.05) is 6.54 Å². The van der Waals surface area contributed by atoms with Crippen LogP contribution >= 0.6 is 0 Å². The van der Waals surface area contributed by atoms with E-state index < -0.39 is 59.7 Å². The van der Waals surface area contributed by atoms with Crippen LogP contribution in [0.25, 0.3) is 10.9 Å². The van der Waals surface area contributed by atoms with E-state index in [0.29, 0.717) is 19.4 Å². The number of para-hydroxylation sites is 1. The van der Waals surface area contributed by atoms with Gasteiger partial charge < -0.3 is 43.2 Å². The van der Waals surface area contributed by atoms with Gasteiger partial charge in [0.25, 0.3) is 0 Å². The minimum absolute atomic E-state index is 0.115. The number of aromatic amines is 1. The van der Waals surface area contributed by atoms with Gasteiger partial charge in [-0.1, -0.05) is 32.0 Å². The maximum absolute atomic E-state index is 13.2. The topological polar surface area (TPSA) is 236 Å². The van der Waals surface area contributed by atoms with E-state index >= 15 is 0 Å². The van der Waals surface area contributed by atoms with E-state index in [4.69, 9.17) is 17.2 Å². The van der Waals surface area contributed by atoms with Crippen molar-refractivity contribution in [2.24, 2.45) is 23.1 Å². The third-order valence-corrected chi connectivity index (χ3v) is 6.57. The summed E-state index contributed by atoms with van der Waals surface area (Å²) in [5, 5.41) is 18.1. The van der Waals surface area contributed by atoms with Gasteiger partial charge in [-0.15, -0.1) is 0 Å². The van der Waals surface area contributed by atoms with Crippen molar-refractivity contribution in [3.63, 3.8) is 0 Å². The van der Waals surface area contributed by atoms with Crippen molar-refractivity contribution in [3.05, 3.63) is 36.0 Å². The molecule has 0 aliphatic carbocycles. The Morgan fingerprint density at radius 1 is 0.925 bits per heavy atom. The predicted molar refractivity (Wildman–Crippen MR) is 150 cm³/mol. The van der Waals surface area contributed by atoms with Gasteiger partial charge >= 0.3 is 5.97 Å². The molecule has 0 saturated heterocycles. The Labute approximate surface area is 233 Å². The number of benzene rings is 1. The molecule has 220 valence electrons. The molecule has 0 fully saturated rings. The Bertz CT molecular complexity index is 1180. The molecule has 1 aromatic carbocycles. The molecule has 4 atom stereocenters. The second-order valence-electron chi connectivity index (χ2n) is 10.2. The monoisotopic (exact) mass is 559 g/mol. The molecule has 4 unspecified atom stereocenters. The first-order valence-electron chi connectivity index (χ1n) is 13.4. The lowest BCUT2D eigenvalue weighted by Crippen LogP contribution is -2.58. The third kappa shape index (κ3) is 9.65. The highest BCUT2D eigenvalue weighted by atomic mass is 16.4. The molecule has 13 heteroatoms. The molecule has 0 aliphatic rings. The zero-order valence-corrected chi connectivity index (χ0v) is 22.9. The summed E-state index contributed by atoms with van der Waals surface area (Å²) in [5.41, 5.74) is 18.6. The largest absolute Gasteiger partial charge is 0.480 e. The molecule has 0 spiro atoms. The van der Waals surface area contributed by atoms with Gasteiger partial charge in [0, 0.05) is 23.5 Å². The molecule has 2 aromatic rings. The van der Waals surface area contributed by atoms with Gasteiger partial charge in [0.05, 0.1) is 6.04 Å². The standard InChI is InChI=1S/C27H41N7O6/c1-15(2)23(26(38)33-21(27(39)40)9-5-6-12-28)34-25(37)20(10-11-22(30)35)32-24(36)18(29)13-16-14-31-19-8-4-3-7-17(16)19/h3-4,7-8,14-15,18,20-21,23,31H,5-6,9-13,28-29H2,1-2H3,(H2,30,35)(H,32,36)(H,33,38)(H,34,37)(H,39,40). The summed E-state index contributed by atoms with van der Waals surface area (Å²) in [5.74, 6) is -4.31. The molecule has 4 amide bonds. The van der Waals surface area contributed by atoms with E-state index in [0.717, 1.165) is 16.5 Å². The maximum atomic E-state index is 13.2. The molecule has 1 heterocycles. The van der Waals surface area contributed by atoms with Crippen molar-refractivity contribution in [3.8, 4) is 0 Å². The molecule has 11 N–H and O–H groups in total. The quantitative estimate of drug-likeness (QED) is 0.119. The summed E-state index contributed by atoms with van der Waals surface area (Å²) in [6.45, 7) is 3.76. The normalized spacial score (nSPS) is 14.2. The Hall–Kier alpha value is -3.97. The highest BCUT2D eigenvalue weighted by molar-refractivity contribution is 5.94. The fourth-order valence-electron chi connectivity index (χ4n) is 4.26. The van der Waals surface area contributed by atoms with Gasteiger partial charge in [-0.05, 0) is 56.2 Å². The molecule has 0 radical (unpaired) electrons. The minimum atomic E-state index is -1.21. The number of amides is 4. The van der Waals surface area contributed by atoms with Crippen LogP contribution in [0.1, 0.15) is 51.5 Å². The molecule has 0 bridgehead atoms. The second kappa shape index (κ2) is 15.6. The van der Waals surface area contributed by atoms with Crippen LogP contribution in [0.5, 0.6) is 0 Å². The van der Waals surface area contributed by atoms with Crippen molar-refractivity contribution in [1.82, 2.24) is 20.9 Å². The number of fused-ring (bicyclic) bond motifs is 1. The first-order chi connectivity index (χ1) is 18.9. The third-order valence-electron chi connectivity index (χ3n) is 6.57. The fraction of sp³-hybridized carbons (Fsp3) is 0.519. The first-order valence-corrected chi connectivity index (χ1v) is 13.4. The van der Waals surface area contributed by atoms with Crippen LogP contribution in [0.15, 0.2) is 30.5 Å². The van der Waals surface area contributed by atoms with Crippen LogP contribution in [0.3, 0.4) is 0 Å². The number of carbonyl (C=O) groups excluding carboxylic acids is 4. The Kier molecular flexibility index (Phi) is 12.6. The molecule has 0 saturated carbocycles. The fourth-order valence-corrected chi connectivity index (χ4v) is 4.26. The van der Waals surface area contributed by atoms with Gasteiger partial charge in [0.1, 0.15) is 18.1 Å². The zero-order valence-electron chi connectivity index (χ0n) is 22.9. The second-order valence-corrected chi connectivity index (χ2v) is 10.2. The number of primary amides is 1. The number of hydrogen-bond acceptors (Lipinski definition) is 7. The van der Waals surface area contributed by atoms with Crippen molar-refractivity contribution >= 4 is 40.5 Å². The smallest absolute Gasteiger partial charge is 0.326 e. The SMILES string of the molecule is CC(C)C(NC(=O)C(CCC(N)=O)NC(=O)C(N)Cc1c[nH]c2ccccc12)C(=O)NC(CCCCN)C(=O)O. The summed E-state index contributed by atoms with van der Waals surface area (Å²) in [6, 6.07) is 3.09. The van der Waals surface area contributed by atoms with Gasteiger partial charge in [-0.2, -0.15) is 0 Å². The maximum Gasteiger partial charge on any atom is 0.326 e. The van der Waals surface area contributed by atoms with Crippen LogP contribution in [-0.2, 0) is 30.4 Å². The number of carbonyl (C=O) groups is 5. The van der Waals surface area contributed by atoms with E-state index in [2.05, 4.69) is 20.9 Å². The molecular weight excluding hydrogens is 518 g/mol. The zero-order chi connectivity index (χ0) is 29.8. The lowest BCUT2D eigenvalue weighted by Gasteiger charge is -2.27. The Balaban J connectivity index is 2.11. The van der Waals surface area contributed by atoms with E-state index in [9.17, 15) is 29.1 Å². The van der Waals surface area contributed by atoms with Gasteiger partial charge in [-0.25, -0.2) is 4.79 Å². The van der Waals surface area contributed by atoms with Crippen LogP contribution in [0.2, 0.25) is 0 Å². The number of nitrogens with one attached hydrogen (secondary N) is 4. The number of hydrogen-bond donors (Lipinski definition) is 8. The number of carboxylic acids is 1. The van der Waals surface area contributed by atoms with Crippen LogP contribution in [-0.4, -0.2) is 70.4 Å². The van der Waals surface area contributed by atoms with E-state index in [1.165, 1.54) is 0 Å². The molecular formula is C27H41N7O6. The highest BCUT2D eigenvalue weighted by Crippen LogP contribution is 2.19. The van der Waals surface area contributed by atoms with Gasteiger partial charge in [0.15, 0.2) is 0 Å². The number of rotatable bonds is 17. The molecule has 40 heavy (non-hydrogen) atoms. The summed E-state index contributed by atoms with van der Waals surface area (Å²) < 4.78 is 0. The first kappa shape index (κ1) is 32.2. The van der Waals surface area contributed by atoms with E-state index in [-0.39, 0.29) is 25.7 Å². The van der Waals surface area contributed by atoms with E-state index in [1.807, 2.05) is 24.3 Å². The number of aliphatic carboxylic acids is 1. The number of H-pyrrole nitrogens is 1. The summed E-state index contributed by atoms with van der Waals surface area (Å²) in [7, 11) is 0. The van der Waals surface area contributed by atoms with Crippen molar-refractivity contribution in [2.45, 2.75) is 76.5 Å². The number of unbranched alkanes of at least 4 members (excludes halogenated alkanes) is 1. The molecule has 1 aromatic heterocycles. The lowest BCUT2D eigenvalue weighted by atomic mass is 10.0. The van der Waals surface area contributed by atoms with Crippen LogP contribution < -0.4 is 33.2 Å². The molecule has 2 rings (SSSR count). The average molecular weight is 560 g/mol. The molecule has 0 aliphatic heterocycles. The highest BCUT2D eigenvalue weighted by Gasteiger charge is 2.32. The van der Waals surface area contributed by atoms with Crippen molar-refractivity contribution < 1.29 is 29.1 Å². The summed E-state index contributed by atoms with van der Waals surface area (Å²) in [4.78, 5) is 65.4. The van der Waals surface area contributed by atoms with Gasteiger partial charge in [0.2, 0.25) is 23.6 Å². The van der Waals surface area contributed by atoms with Crippen LogP contribution in [0, 0.1) is 5.92 Å². The van der Waals surface area contributed by atoms with Crippen molar-refractivity contribution in [1.29, 1.82) is 0 Å². The summed E-state index contributed by atoms with van der Waals surface area (Å²) in [6.07, 6.45) is 2.94. The number of carboxylic acid groups (broad SMARTS) is 1. The molecule has 13 nitrogen and oxygen atoms in total. The Morgan fingerprint density at radius 2 is 1.60 bits per heavy atom. The minimum Gasteiger partial charge on any atom is -0.480 e. The number of nitrogens with two attached hydrogens (primary N) is 3. The average Bonchev–Trinajstić information content (AvgIpc) is 3.30. The van der Waals surface area contributed by atoms with Gasteiger partial charge in [-0.3, -0.25) is 19.2 Å². The van der Waals surface area contributed by atoms with E-state index in [1.54, 1.807) is 20.0 Å². The lowest BCUT2D eigenvalue weighted by molar-refractivity contribution is -0.142. The van der Waals surface area contributed by atoms with Crippen LogP contribution in [0.4, 0.5) is 0 Å². The summed E-state index contributed by atoms with van der Waals surface area (Å²) >= 11 is 0.